The number of hydrogen-bond acceptors (Lipinski definition) is 3. The van der Waals surface area contributed by atoms with Crippen molar-refractivity contribution >= 4 is 5.82 Å². The van der Waals surface area contributed by atoms with Gasteiger partial charge in [0.15, 0.2) is 0 Å². The average Bonchev–Trinajstić information content (AvgIpc) is 2.17. The zero-order chi connectivity index (χ0) is 12.2. The first-order valence-corrected chi connectivity index (χ1v) is 5.91. The summed E-state index contributed by atoms with van der Waals surface area (Å²) in [5.74, 6) is 0.649. The smallest absolute Gasteiger partial charge is 0.127 e. The first-order chi connectivity index (χ1) is 7.47. The van der Waals surface area contributed by atoms with Gasteiger partial charge in [0.25, 0.3) is 0 Å². The number of nitrogens with zero attached hydrogens (tertiary/aromatic N) is 1. The minimum absolute atomic E-state index is 0.0555. The molecule has 1 atom stereocenters. The SMILES string of the molecule is CCNC(C)CC(C)(C)c1cccnc1N. The highest BCUT2D eigenvalue weighted by Gasteiger charge is 2.25. The van der Waals surface area contributed by atoms with E-state index in [2.05, 4.69) is 44.1 Å². The number of rotatable bonds is 5. The zero-order valence-electron chi connectivity index (χ0n) is 10.7. The van der Waals surface area contributed by atoms with Gasteiger partial charge >= 0.3 is 0 Å². The van der Waals surface area contributed by atoms with E-state index in [1.807, 2.05) is 6.07 Å². The summed E-state index contributed by atoms with van der Waals surface area (Å²) >= 11 is 0. The van der Waals surface area contributed by atoms with Crippen molar-refractivity contribution < 1.29 is 0 Å². The lowest BCUT2D eigenvalue weighted by Crippen LogP contribution is -2.33. The lowest BCUT2D eigenvalue weighted by Gasteiger charge is -2.29. The van der Waals surface area contributed by atoms with Crippen LogP contribution in [0.5, 0.6) is 0 Å². The Labute approximate surface area is 98.5 Å². The molecule has 3 N–H and O–H groups in total. The predicted molar refractivity (Wildman–Crippen MR) is 69.4 cm³/mol. The number of aromatic nitrogens is 1. The quantitative estimate of drug-likeness (QED) is 0.802. The molecule has 0 saturated heterocycles. The zero-order valence-corrected chi connectivity index (χ0v) is 10.7. The number of pyridine rings is 1. The lowest BCUT2D eigenvalue weighted by atomic mass is 9.79. The van der Waals surface area contributed by atoms with Crippen molar-refractivity contribution in [2.45, 2.75) is 45.6 Å². The Morgan fingerprint density at radius 2 is 2.19 bits per heavy atom. The molecular formula is C13H23N3. The van der Waals surface area contributed by atoms with Crippen molar-refractivity contribution in [1.82, 2.24) is 10.3 Å². The molecule has 16 heavy (non-hydrogen) atoms. The minimum atomic E-state index is 0.0555. The van der Waals surface area contributed by atoms with E-state index < -0.39 is 0 Å². The van der Waals surface area contributed by atoms with E-state index in [-0.39, 0.29) is 5.41 Å². The van der Waals surface area contributed by atoms with Crippen LogP contribution in [0.25, 0.3) is 0 Å². The molecule has 0 spiro atoms. The molecule has 0 saturated carbocycles. The van der Waals surface area contributed by atoms with Crippen molar-refractivity contribution in [1.29, 1.82) is 0 Å². The van der Waals surface area contributed by atoms with E-state index in [1.165, 1.54) is 0 Å². The van der Waals surface area contributed by atoms with E-state index in [0.29, 0.717) is 11.9 Å². The molecule has 0 fully saturated rings. The standard InChI is InChI=1S/C13H23N3/c1-5-15-10(2)9-13(3,4)11-7-6-8-16-12(11)14/h6-8,10,15H,5,9H2,1-4H3,(H2,14,16). The number of nitrogens with two attached hydrogens (primary N) is 1. The fourth-order valence-electron chi connectivity index (χ4n) is 2.29. The van der Waals surface area contributed by atoms with E-state index >= 15 is 0 Å². The van der Waals surface area contributed by atoms with Crippen LogP contribution in [0.2, 0.25) is 0 Å². The molecule has 0 bridgehead atoms. The Morgan fingerprint density at radius 1 is 1.50 bits per heavy atom. The highest BCUT2D eigenvalue weighted by atomic mass is 14.9. The summed E-state index contributed by atoms with van der Waals surface area (Å²) in [5.41, 5.74) is 7.12. The summed E-state index contributed by atoms with van der Waals surface area (Å²) in [6.07, 6.45) is 2.79. The highest BCUT2D eigenvalue weighted by Crippen LogP contribution is 2.31. The predicted octanol–water partition coefficient (Wildman–Crippen LogP) is 2.33. The molecule has 0 aromatic carbocycles. The van der Waals surface area contributed by atoms with Crippen LogP contribution >= 0.6 is 0 Å². The van der Waals surface area contributed by atoms with Gasteiger partial charge in [-0.3, -0.25) is 0 Å². The molecule has 0 aliphatic carbocycles. The van der Waals surface area contributed by atoms with Gasteiger partial charge in [0.05, 0.1) is 0 Å². The maximum absolute atomic E-state index is 5.92. The summed E-state index contributed by atoms with van der Waals surface area (Å²) in [4.78, 5) is 4.16. The number of hydrogen-bond donors (Lipinski definition) is 2. The normalized spacial score (nSPS) is 13.8. The Balaban J connectivity index is 2.81. The topological polar surface area (TPSA) is 50.9 Å². The van der Waals surface area contributed by atoms with Crippen molar-refractivity contribution in [2.75, 3.05) is 12.3 Å². The Bertz CT molecular complexity index is 334. The molecule has 0 radical (unpaired) electrons. The lowest BCUT2D eigenvalue weighted by molar-refractivity contribution is 0.395. The molecule has 0 aliphatic rings. The summed E-state index contributed by atoms with van der Waals surface area (Å²) in [6, 6.07) is 4.51. The summed E-state index contributed by atoms with van der Waals surface area (Å²) in [6.45, 7) is 9.77. The molecule has 0 aliphatic heterocycles. The van der Waals surface area contributed by atoms with Gasteiger partial charge in [-0.2, -0.15) is 0 Å². The third-order valence-electron chi connectivity index (χ3n) is 2.94. The summed E-state index contributed by atoms with van der Waals surface area (Å²) in [7, 11) is 0. The Kier molecular flexibility index (Phi) is 4.30. The molecule has 0 amide bonds. The second-order valence-electron chi connectivity index (χ2n) is 4.98. The van der Waals surface area contributed by atoms with Gasteiger partial charge in [-0.15, -0.1) is 0 Å². The van der Waals surface area contributed by atoms with Gasteiger partial charge in [-0.25, -0.2) is 4.98 Å². The van der Waals surface area contributed by atoms with E-state index in [0.717, 1.165) is 18.5 Å². The van der Waals surface area contributed by atoms with E-state index in [9.17, 15) is 0 Å². The molecule has 3 nitrogen and oxygen atoms in total. The molecule has 1 unspecified atom stereocenters. The van der Waals surface area contributed by atoms with Crippen molar-refractivity contribution in [3.05, 3.63) is 23.9 Å². The second-order valence-corrected chi connectivity index (χ2v) is 4.98. The largest absolute Gasteiger partial charge is 0.383 e. The molecule has 1 aromatic rings. The number of nitrogen functional groups attached to an aromatic ring is 1. The first kappa shape index (κ1) is 13.0. The van der Waals surface area contributed by atoms with Gasteiger partial charge in [0, 0.05) is 12.2 Å². The van der Waals surface area contributed by atoms with Crippen molar-refractivity contribution in [3.63, 3.8) is 0 Å². The van der Waals surface area contributed by atoms with Crippen LogP contribution in [0, 0.1) is 0 Å². The maximum atomic E-state index is 5.92. The van der Waals surface area contributed by atoms with Gasteiger partial charge in [0.1, 0.15) is 5.82 Å². The molecule has 1 heterocycles. The molecule has 90 valence electrons. The fourth-order valence-corrected chi connectivity index (χ4v) is 2.29. The van der Waals surface area contributed by atoms with Crippen LogP contribution in [0.4, 0.5) is 5.82 Å². The third kappa shape index (κ3) is 3.20. The van der Waals surface area contributed by atoms with Crippen LogP contribution in [-0.2, 0) is 5.41 Å². The van der Waals surface area contributed by atoms with Crippen LogP contribution < -0.4 is 11.1 Å². The van der Waals surface area contributed by atoms with Gasteiger partial charge < -0.3 is 11.1 Å². The first-order valence-electron chi connectivity index (χ1n) is 5.91. The maximum Gasteiger partial charge on any atom is 0.127 e. The van der Waals surface area contributed by atoms with Crippen LogP contribution in [0.15, 0.2) is 18.3 Å². The Morgan fingerprint density at radius 3 is 2.75 bits per heavy atom. The molecule has 1 aromatic heterocycles. The molecule has 3 heteroatoms. The number of nitrogens with one attached hydrogen (secondary N) is 1. The van der Waals surface area contributed by atoms with E-state index in [1.54, 1.807) is 6.20 Å². The average molecular weight is 221 g/mol. The third-order valence-corrected chi connectivity index (χ3v) is 2.94. The van der Waals surface area contributed by atoms with E-state index in [4.69, 9.17) is 5.73 Å². The van der Waals surface area contributed by atoms with Crippen LogP contribution in [0.1, 0.15) is 39.7 Å². The van der Waals surface area contributed by atoms with Crippen molar-refractivity contribution in [2.24, 2.45) is 0 Å². The van der Waals surface area contributed by atoms with Crippen LogP contribution in [0.3, 0.4) is 0 Å². The second kappa shape index (κ2) is 5.30. The molecular weight excluding hydrogens is 198 g/mol. The van der Waals surface area contributed by atoms with Gasteiger partial charge in [0.2, 0.25) is 0 Å². The summed E-state index contributed by atoms with van der Waals surface area (Å²) in [5, 5.41) is 3.43. The molecule has 1 rings (SSSR count). The highest BCUT2D eigenvalue weighted by molar-refractivity contribution is 5.43. The fraction of sp³-hybridized carbons (Fsp3) is 0.615. The van der Waals surface area contributed by atoms with Gasteiger partial charge in [-0.1, -0.05) is 26.8 Å². The van der Waals surface area contributed by atoms with Crippen molar-refractivity contribution in [3.8, 4) is 0 Å². The van der Waals surface area contributed by atoms with Gasteiger partial charge in [-0.05, 0) is 36.9 Å². The monoisotopic (exact) mass is 221 g/mol. The van der Waals surface area contributed by atoms with Crippen LogP contribution in [-0.4, -0.2) is 17.6 Å². The number of anilines is 1. The Hall–Kier alpha value is -1.09. The minimum Gasteiger partial charge on any atom is -0.383 e. The summed E-state index contributed by atoms with van der Waals surface area (Å²) < 4.78 is 0.